The highest BCUT2D eigenvalue weighted by atomic mass is 16.5. The van der Waals surface area contributed by atoms with E-state index in [-0.39, 0.29) is 0 Å². The van der Waals surface area contributed by atoms with Gasteiger partial charge in [-0.3, -0.25) is 0 Å². The van der Waals surface area contributed by atoms with E-state index in [1.54, 1.807) is 0 Å². The Bertz CT molecular complexity index is 375. The van der Waals surface area contributed by atoms with E-state index < -0.39 is 0 Å². The van der Waals surface area contributed by atoms with Gasteiger partial charge in [-0.2, -0.15) is 0 Å². The second-order valence-electron chi connectivity index (χ2n) is 5.43. The van der Waals surface area contributed by atoms with Gasteiger partial charge in [0.05, 0.1) is 0 Å². The van der Waals surface area contributed by atoms with Gasteiger partial charge >= 0.3 is 0 Å². The molecule has 19 heavy (non-hydrogen) atoms. The van der Waals surface area contributed by atoms with Gasteiger partial charge in [0.15, 0.2) is 0 Å². The van der Waals surface area contributed by atoms with E-state index in [0.717, 1.165) is 45.2 Å². The van der Waals surface area contributed by atoms with Gasteiger partial charge in [-0.1, -0.05) is 18.2 Å². The molecular formula is C16H26N2O. The average Bonchev–Trinajstić information content (AvgIpc) is 2.45. The van der Waals surface area contributed by atoms with Gasteiger partial charge in [0.1, 0.15) is 0 Å². The number of aryl methyl sites for hydroxylation is 1. The van der Waals surface area contributed by atoms with E-state index in [9.17, 15) is 0 Å². The Morgan fingerprint density at radius 1 is 1.26 bits per heavy atom. The largest absolute Gasteiger partial charge is 0.381 e. The Morgan fingerprint density at radius 3 is 2.68 bits per heavy atom. The van der Waals surface area contributed by atoms with Crippen LogP contribution in [-0.4, -0.2) is 32.8 Å². The molecule has 0 saturated carbocycles. The molecule has 1 aliphatic heterocycles. The van der Waals surface area contributed by atoms with Gasteiger partial charge in [-0.15, -0.1) is 0 Å². The molecule has 1 heterocycles. The summed E-state index contributed by atoms with van der Waals surface area (Å²) in [6.07, 6.45) is 3.42. The van der Waals surface area contributed by atoms with Gasteiger partial charge in [-0.05, 0) is 50.3 Å². The molecule has 1 saturated heterocycles. The fourth-order valence-electron chi connectivity index (χ4n) is 2.75. The summed E-state index contributed by atoms with van der Waals surface area (Å²) in [7, 11) is 0. The Balaban J connectivity index is 2.04. The first-order chi connectivity index (χ1) is 9.31. The van der Waals surface area contributed by atoms with Crippen molar-refractivity contribution in [2.24, 2.45) is 11.7 Å². The van der Waals surface area contributed by atoms with E-state index >= 15 is 0 Å². The maximum atomic E-state index is 5.68. The summed E-state index contributed by atoms with van der Waals surface area (Å²) in [4.78, 5) is 2.51. The molecule has 2 rings (SSSR count). The molecule has 0 aromatic heterocycles. The van der Waals surface area contributed by atoms with Gasteiger partial charge in [0, 0.05) is 32.0 Å². The molecule has 1 aromatic carbocycles. The van der Waals surface area contributed by atoms with Crippen LogP contribution >= 0.6 is 0 Å². The quantitative estimate of drug-likeness (QED) is 0.856. The van der Waals surface area contributed by atoms with Crippen LogP contribution in [0.25, 0.3) is 0 Å². The smallest absolute Gasteiger partial charge is 0.0469 e. The zero-order chi connectivity index (χ0) is 13.5. The fraction of sp³-hybridized carbons (Fsp3) is 0.625. The van der Waals surface area contributed by atoms with Crippen molar-refractivity contribution in [2.45, 2.75) is 26.2 Å². The molecule has 1 aliphatic rings. The molecule has 0 amide bonds. The van der Waals surface area contributed by atoms with Crippen molar-refractivity contribution >= 4 is 5.69 Å². The molecule has 3 heteroatoms. The molecule has 0 unspecified atom stereocenters. The third kappa shape index (κ3) is 4.22. The Morgan fingerprint density at radius 2 is 2.00 bits per heavy atom. The second-order valence-corrected chi connectivity index (χ2v) is 5.43. The summed E-state index contributed by atoms with van der Waals surface area (Å²) in [6.45, 7) is 6.98. The first kappa shape index (κ1) is 14.4. The summed E-state index contributed by atoms with van der Waals surface area (Å²) in [6, 6.07) is 8.65. The lowest BCUT2D eigenvalue weighted by Gasteiger charge is -2.32. The summed E-state index contributed by atoms with van der Waals surface area (Å²) < 4.78 is 5.45. The number of anilines is 1. The van der Waals surface area contributed by atoms with Crippen molar-refractivity contribution in [3.05, 3.63) is 29.8 Å². The standard InChI is InChI=1S/C16H26N2O/c1-14-5-2-3-6-16(14)18(10-4-9-17)13-15-7-11-19-12-8-15/h2-3,5-6,15H,4,7-13,17H2,1H3. The van der Waals surface area contributed by atoms with Crippen LogP contribution in [0.3, 0.4) is 0 Å². The predicted molar refractivity (Wildman–Crippen MR) is 80.6 cm³/mol. The molecule has 0 bridgehead atoms. The zero-order valence-corrected chi connectivity index (χ0v) is 12.0. The van der Waals surface area contributed by atoms with Crippen molar-refractivity contribution in [3.63, 3.8) is 0 Å². The number of hydrogen-bond acceptors (Lipinski definition) is 3. The summed E-state index contributed by atoms with van der Waals surface area (Å²) in [5.74, 6) is 0.756. The predicted octanol–water partition coefficient (Wildman–Crippen LogP) is 2.58. The highest BCUT2D eigenvalue weighted by Crippen LogP contribution is 2.24. The number of hydrogen-bond donors (Lipinski definition) is 1. The number of nitrogens with two attached hydrogens (primary N) is 1. The molecule has 1 aromatic rings. The van der Waals surface area contributed by atoms with Crippen LogP contribution in [-0.2, 0) is 4.74 Å². The molecule has 106 valence electrons. The second kappa shape index (κ2) is 7.51. The molecule has 0 spiro atoms. The lowest BCUT2D eigenvalue weighted by Crippen LogP contribution is -2.34. The van der Waals surface area contributed by atoms with Crippen molar-refractivity contribution in [1.82, 2.24) is 0 Å². The van der Waals surface area contributed by atoms with E-state index in [0.29, 0.717) is 0 Å². The maximum absolute atomic E-state index is 5.68. The van der Waals surface area contributed by atoms with Crippen LogP contribution in [0.4, 0.5) is 5.69 Å². The van der Waals surface area contributed by atoms with Crippen LogP contribution in [0, 0.1) is 12.8 Å². The van der Waals surface area contributed by atoms with Gasteiger partial charge in [0.25, 0.3) is 0 Å². The van der Waals surface area contributed by atoms with Crippen molar-refractivity contribution in [1.29, 1.82) is 0 Å². The molecule has 0 aliphatic carbocycles. The van der Waals surface area contributed by atoms with Crippen LogP contribution < -0.4 is 10.6 Å². The monoisotopic (exact) mass is 262 g/mol. The highest BCUT2D eigenvalue weighted by molar-refractivity contribution is 5.52. The number of ether oxygens (including phenoxy) is 1. The van der Waals surface area contributed by atoms with E-state index in [1.165, 1.54) is 24.1 Å². The van der Waals surface area contributed by atoms with E-state index in [1.807, 2.05) is 0 Å². The number of para-hydroxylation sites is 1. The average molecular weight is 262 g/mol. The van der Waals surface area contributed by atoms with Gasteiger partial charge in [-0.25, -0.2) is 0 Å². The van der Waals surface area contributed by atoms with Crippen molar-refractivity contribution in [3.8, 4) is 0 Å². The summed E-state index contributed by atoms with van der Waals surface area (Å²) in [5.41, 5.74) is 8.40. The number of nitrogens with zero attached hydrogens (tertiary/aromatic N) is 1. The van der Waals surface area contributed by atoms with E-state index in [2.05, 4.69) is 36.1 Å². The molecule has 2 N–H and O–H groups in total. The Labute approximate surface area is 116 Å². The highest BCUT2D eigenvalue weighted by Gasteiger charge is 2.18. The van der Waals surface area contributed by atoms with Crippen LogP contribution in [0.15, 0.2) is 24.3 Å². The van der Waals surface area contributed by atoms with Crippen LogP contribution in [0.5, 0.6) is 0 Å². The minimum Gasteiger partial charge on any atom is -0.381 e. The third-order valence-corrected chi connectivity index (χ3v) is 3.91. The molecule has 0 radical (unpaired) electrons. The van der Waals surface area contributed by atoms with Crippen molar-refractivity contribution in [2.75, 3.05) is 37.7 Å². The topological polar surface area (TPSA) is 38.5 Å². The minimum absolute atomic E-state index is 0.756. The zero-order valence-electron chi connectivity index (χ0n) is 12.0. The molecular weight excluding hydrogens is 236 g/mol. The maximum Gasteiger partial charge on any atom is 0.0469 e. The summed E-state index contributed by atoms with van der Waals surface area (Å²) >= 11 is 0. The number of benzene rings is 1. The van der Waals surface area contributed by atoms with Gasteiger partial charge in [0.2, 0.25) is 0 Å². The first-order valence-corrected chi connectivity index (χ1v) is 7.39. The van der Waals surface area contributed by atoms with E-state index in [4.69, 9.17) is 10.5 Å². The lowest BCUT2D eigenvalue weighted by molar-refractivity contribution is 0.0682. The molecule has 3 nitrogen and oxygen atoms in total. The van der Waals surface area contributed by atoms with Crippen LogP contribution in [0.2, 0.25) is 0 Å². The first-order valence-electron chi connectivity index (χ1n) is 7.39. The normalized spacial score (nSPS) is 16.5. The van der Waals surface area contributed by atoms with Crippen LogP contribution in [0.1, 0.15) is 24.8 Å². The molecule has 1 fully saturated rings. The summed E-state index contributed by atoms with van der Waals surface area (Å²) in [5, 5.41) is 0. The van der Waals surface area contributed by atoms with Gasteiger partial charge < -0.3 is 15.4 Å². The Kier molecular flexibility index (Phi) is 5.67. The Hall–Kier alpha value is -1.06. The number of rotatable bonds is 6. The van der Waals surface area contributed by atoms with Crippen molar-refractivity contribution < 1.29 is 4.74 Å². The molecule has 0 atom stereocenters. The minimum atomic E-state index is 0.756. The lowest BCUT2D eigenvalue weighted by atomic mass is 9.99. The fourth-order valence-corrected chi connectivity index (χ4v) is 2.75. The third-order valence-electron chi connectivity index (χ3n) is 3.91. The SMILES string of the molecule is Cc1ccccc1N(CCCN)CC1CCOCC1.